The molecule has 0 aliphatic carbocycles. The van der Waals surface area contributed by atoms with E-state index in [2.05, 4.69) is 57.6 Å². The molecule has 1 saturated heterocycles. The van der Waals surface area contributed by atoms with Crippen molar-refractivity contribution in [1.29, 1.82) is 0 Å². The molecule has 0 unspecified atom stereocenters. The molecule has 1 aromatic heterocycles. The van der Waals surface area contributed by atoms with E-state index < -0.39 is 0 Å². The van der Waals surface area contributed by atoms with E-state index in [1.165, 1.54) is 22.4 Å². The van der Waals surface area contributed by atoms with Crippen molar-refractivity contribution in [3.8, 4) is 11.5 Å². The molecule has 2 aliphatic heterocycles. The van der Waals surface area contributed by atoms with Gasteiger partial charge in [0, 0.05) is 30.1 Å². The average molecular weight is 375 g/mol. The van der Waals surface area contributed by atoms with Gasteiger partial charge in [0.2, 0.25) is 6.79 Å². The molecule has 5 rings (SSSR count). The van der Waals surface area contributed by atoms with Crippen molar-refractivity contribution in [2.24, 2.45) is 0 Å². The largest absolute Gasteiger partial charge is 0.454 e. The van der Waals surface area contributed by atoms with Crippen LogP contribution in [-0.4, -0.2) is 35.0 Å². The first-order chi connectivity index (χ1) is 13.9. The second-order valence-corrected chi connectivity index (χ2v) is 7.67. The molecule has 2 aliphatic rings. The highest BCUT2D eigenvalue weighted by atomic mass is 16.7. The zero-order valence-electron chi connectivity index (χ0n) is 15.9. The first-order valence-electron chi connectivity index (χ1n) is 10.0. The first-order valence-corrected chi connectivity index (χ1v) is 10.0. The fourth-order valence-corrected chi connectivity index (χ4v) is 4.37. The van der Waals surface area contributed by atoms with E-state index in [1.807, 2.05) is 12.3 Å². The Balaban J connectivity index is 1.23. The summed E-state index contributed by atoms with van der Waals surface area (Å²) in [6.45, 7) is 3.41. The van der Waals surface area contributed by atoms with Crippen LogP contribution in [0, 0.1) is 0 Å². The standard InChI is InChI=1S/C23H25N3O2/c1-2-5-17(6-3-1)13-20-14-24-25-22(20)18-9-11-26(12-10-18)15-19-7-4-8-21-23(19)28-16-27-21/h1-8,14,18H,9-13,15-16H2,(H,24,25). The Morgan fingerprint density at radius 2 is 1.82 bits per heavy atom. The number of piperidine rings is 1. The third-order valence-electron chi connectivity index (χ3n) is 5.86. The monoisotopic (exact) mass is 375 g/mol. The van der Waals surface area contributed by atoms with Gasteiger partial charge in [0.1, 0.15) is 0 Å². The van der Waals surface area contributed by atoms with Gasteiger partial charge >= 0.3 is 0 Å². The highest BCUT2D eigenvalue weighted by molar-refractivity contribution is 5.48. The Kier molecular flexibility index (Phi) is 4.75. The van der Waals surface area contributed by atoms with Crippen LogP contribution in [0.3, 0.4) is 0 Å². The predicted octanol–water partition coefficient (Wildman–Crippen LogP) is 4.11. The van der Waals surface area contributed by atoms with Crippen molar-refractivity contribution < 1.29 is 9.47 Å². The van der Waals surface area contributed by atoms with Gasteiger partial charge in [-0.05, 0) is 43.1 Å². The molecular weight excluding hydrogens is 350 g/mol. The van der Waals surface area contributed by atoms with Gasteiger partial charge in [-0.15, -0.1) is 0 Å². The summed E-state index contributed by atoms with van der Waals surface area (Å²) >= 11 is 0. The highest BCUT2D eigenvalue weighted by Gasteiger charge is 2.25. The molecule has 3 aromatic rings. The van der Waals surface area contributed by atoms with Crippen LogP contribution in [0.5, 0.6) is 11.5 Å². The Labute approximate surface area is 165 Å². The summed E-state index contributed by atoms with van der Waals surface area (Å²) in [6.07, 6.45) is 5.24. The van der Waals surface area contributed by atoms with Crippen LogP contribution in [0.4, 0.5) is 0 Å². The zero-order chi connectivity index (χ0) is 18.8. The van der Waals surface area contributed by atoms with Crippen molar-refractivity contribution in [3.63, 3.8) is 0 Å². The molecule has 0 spiro atoms. The van der Waals surface area contributed by atoms with Gasteiger partial charge in [-0.2, -0.15) is 5.10 Å². The number of aromatic amines is 1. The number of fused-ring (bicyclic) bond motifs is 1. The maximum atomic E-state index is 5.66. The lowest BCUT2D eigenvalue weighted by molar-refractivity contribution is 0.169. The van der Waals surface area contributed by atoms with E-state index in [0.717, 1.165) is 50.4 Å². The van der Waals surface area contributed by atoms with Crippen LogP contribution in [0.2, 0.25) is 0 Å². The Morgan fingerprint density at radius 3 is 2.68 bits per heavy atom. The minimum absolute atomic E-state index is 0.332. The van der Waals surface area contributed by atoms with Crippen molar-refractivity contribution in [3.05, 3.63) is 77.1 Å². The summed E-state index contributed by atoms with van der Waals surface area (Å²) < 4.78 is 11.2. The third kappa shape index (κ3) is 3.50. The van der Waals surface area contributed by atoms with Gasteiger partial charge in [0.05, 0.1) is 6.20 Å². The maximum Gasteiger partial charge on any atom is 0.231 e. The Morgan fingerprint density at radius 1 is 0.964 bits per heavy atom. The van der Waals surface area contributed by atoms with Crippen LogP contribution in [0.1, 0.15) is 41.1 Å². The number of benzene rings is 2. The minimum Gasteiger partial charge on any atom is -0.454 e. The molecule has 0 atom stereocenters. The van der Waals surface area contributed by atoms with Gasteiger partial charge < -0.3 is 9.47 Å². The lowest BCUT2D eigenvalue weighted by Gasteiger charge is -2.32. The molecule has 0 bridgehead atoms. The molecule has 0 amide bonds. The highest BCUT2D eigenvalue weighted by Crippen LogP contribution is 2.37. The number of hydrogen-bond acceptors (Lipinski definition) is 4. The molecular formula is C23H25N3O2. The number of likely N-dealkylation sites (tertiary alicyclic amines) is 1. The molecule has 5 nitrogen and oxygen atoms in total. The predicted molar refractivity (Wildman–Crippen MR) is 108 cm³/mol. The Hall–Kier alpha value is -2.79. The van der Waals surface area contributed by atoms with Crippen molar-refractivity contribution >= 4 is 0 Å². The molecule has 28 heavy (non-hydrogen) atoms. The van der Waals surface area contributed by atoms with E-state index in [4.69, 9.17) is 9.47 Å². The van der Waals surface area contributed by atoms with Gasteiger partial charge in [0.25, 0.3) is 0 Å². The van der Waals surface area contributed by atoms with E-state index in [-0.39, 0.29) is 0 Å². The number of para-hydroxylation sites is 1. The van der Waals surface area contributed by atoms with Crippen molar-refractivity contribution in [2.45, 2.75) is 31.7 Å². The number of nitrogens with one attached hydrogen (secondary N) is 1. The van der Waals surface area contributed by atoms with E-state index in [9.17, 15) is 0 Å². The van der Waals surface area contributed by atoms with Gasteiger partial charge in [-0.3, -0.25) is 10.00 Å². The number of ether oxygens (including phenoxy) is 2. The number of rotatable bonds is 5. The maximum absolute atomic E-state index is 5.66. The molecule has 1 N–H and O–H groups in total. The van der Waals surface area contributed by atoms with Crippen LogP contribution < -0.4 is 9.47 Å². The molecule has 144 valence electrons. The topological polar surface area (TPSA) is 50.4 Å². The fraction of sp³-hybridized carbons (Fsp3) is 0.348. The molecule has 2 aromatic carbocycles. The molecule has 5 heteroatoms. The van der Waals surface area contributed by atoms with Crippen molar-refractivity contribution in [2.75, 3.05) is 19.9 Å². The van der Waals surface area contributed by atoms with E-state index in [1.54, 1.807) is 0 Å². The number of aromatic nitrogens is 2. The van der Waals surface area contributed by atoms with Gasteiger partial charge in [-0.1, -0.05) is 42.5 Å². The third-order valence-corrected chi connectivity index (χ3v) is 5.86. The summed E-state index contributed by atoms with van der Waals surface area (Å²) in [5.41, 5.74) is 5.21. The normalized spacial score (nSPS) is 17.1. The molecule has 0 saturated carbocycles. The number of nitrogens with zero attached hydrogens (tertiary/aromatic N) is 2. The quantitative estimate of drug-likeness (QED) is 0.729. The zero-order valence-corrected chi connectivity index (χ0v) is 15.9. The number of H-pyrrole nitrogens is 1. The first kappa shape index (κ1) is 17.3. The SMILES string of the molecule is c1ccc(Cc2cn[nH]c2C2CCN(Cc3cccc4c3OCO4)CC2)cc1. The number of hydrogen-bond donors (Lipinski definition) is 1. The molecule has 3 heterocycles. The van der Waals surface area contributed by atoms with Crippen molar-refractivity contribution in [1.82, 2.24) is 15.1 Å². The molecule has 1 fully saturated rings. The summed E-state index contributed by atoms with van der Waals surface area (Å²) in [6, 6.07) is 16.8. The summed E-state index contributed by atoms with van der Waals surface area (Å²) in [7, 11) is 0. The van der Waals surface area contributed by atoms with E-state index in [0.29, 0.717) is 12.7 Å². The second-order valence-electron chi connectivity index (χ2n) is 7.67. The smallest absolute Gasteiger partial charge is 0.231 e. The van der Waals surface area contributed by atoms with Gasteiger partial charge in [-0.25, -0.2) is 0 Å². The van der Waals surface area contributed by atoms with E-state index >= 15 is 0 Å². The Bertz CT molecular complexity index is 930. The van der Waals surface area contributed by atoms with Gasteiger partial charge in [0.15, 0.2) is 11.5 Å². The fourth-order valence-electron chi connectivity index (χ4n) is 4.37. The summed E-state index contributed by atoms with van der Waals surface area (Å²) in [4.78, 5) is 2.51. The van der Waals surface area contributed by atoms with Crippen LogP contribution >= 0.6 is 0 Å². The molecule has 0 radical (unpaired) electrons. The minimum atomic E-state index is 0.332. The summed E-state index contributed by atoms with van der Waals surface area (Å²) in [5, 5.41) is 7.64. The lowest BCUT2D eigenvalue weighted by atomic mass is 9.89. The summed E-state index contributed by atoms with van der Waals surface area (Å²) in [5.74, 6) is 2.34. The van der Waals surface area contributed by atoms with Crippen LogP contribution in [-0.2, 0) is 13.0 Å². The van der Waals surface area contributed by atoms with Crippen LogP contribution in [0.15, 0.2) is 54.7 Å². The lowest BCUT2D eigenvalue weighted by Crippen LogP contribution is -2.32. The van der Waals surface area contributed by atoms with Crippen LogP contribution in [0.25, 0.3) is 0 Å². The second kappa shape index (κ2) is 7.68. The average Bonchev–Trinajstić information content (AvgIpc) is 3.39.